The second kappa shape index (κ2) is 5.39. The van der Waals surface area contributed by atoms with Gasteiger partial charge in [0.05, 0.1) is 12.5 Å². The molecule has 0 aromatic heterocycles. The first-order valence-corrected chi connectivity index (χ1v) is 5.17. The van der Waals surface area contributed by atoms with Gasteiger partial charge in [-0.2, -0.15) is 0 Å². The second-order valence-corrected chi connectivity index (χ2v) is 3.56. The van der Waals surface area contributed by atoms with Crippen molar-refractivity contribution in [2.45, 2.75) is 26.2 Å². The van der Waals surface area contributed by atoms with E-state index in [2.05, 4.69) is 0 Å². The molecule has 0 radical (unpaired) electrons. The van der Waals surface area contributed by atoms with Gasteiger partial charge in [-0.25, -0.2) is 0 Å². The van der Waals surface area contributed by atoms with Crippen molar-refractivity contribution < 1.29 is 9.53 Å². The molecular formula is C12H17NO2. The number of benzene rings is 1. The van der Waals surface area contributed by atoms with E-state index in [-0.39, 0.29) is 11.9 Å². The van der Waals surface area contributed by atoms with Gasteiger partial charge in [0, 0.05) is 5.69 Å². The van der Waals surface area contributed by atoms with Gasteiger partial charge in [0.2, 0.25) is 0 Å². The van der Waals surface area contributed by atoms with Crippen LogP contribution in [0.1, 0.15) is 31.7 Å². The van der Waals surface area contributed by atoms with Crippen LogP contribution < -0.4 is 5.73 Å². The Morgan fingerprint density at radius 1 is 1.53 bits per heavy atom. The van der Waals surface area contributed by atoms with Gasteiger partial charge in [0.15, 0.2) is 0 Å². The Bertz CT molecular complexity index is 336. The number of carbonyl (C=O) groups is 1. The predicted octanol–water partition coefficient (Wildman–Crippen LogP) is 2.33. The van der Waals surface area contributed by atoms with E-state index >= 15 is 0 Å². The van der Waals surface area contributed by atoms with Crippen molar-refractivity contribution in [2.24, 2.45) is 0 Å². The minimum atomic E-state index is -0.250. The minimum absolute atomic E-state index is 0.192. The lowest BCUT2D eigenvalue weighted by Gasteiger charge is -2.11. The summed E-state index contributed by atoms with van der Waals surface area (Å²) in [6.45, 7) is 4.27. The van der Waals surface area contributed by atoms with Gasteiger partial charge >= 0.3 is 5.97 Å². The van der Waals surface area contributed by atoms with E-state index in [1.807, 2.05) is 26.0 Å². The molecule has 0 spiro atoms. The van der Waals surface area contributed by atoms with Gasteiger partial charge in [0.25, 0.3) is 0 Å². The van der Waals surface area contributed by atoms with Crippen LogP contribution in [0.3, 0.4) is 0 Å². The van der Waals surface area contributed by atoms with E-state index in [1.165, 1.54) is 0 Å². The van der Waals surface area contributed by atoms with E-state index in [1.54, 1.807) is 12.1 Å². The van der Waals surface area contributed by atoms with Crippen molar-refractivity contribution in [1.82, 2.24) is 0 Å². The van der Waals surface area contributed by atoms with Crippen LogP contribution in [0.25, 0.3) is 0 Å². The summed E-state index contributed by atoms with van der Waals surface area (Å²) in [5, 5.41) is 0. The van der Waals surface area contributed by atoms with Crippen LogP contribution in [0.4, 0.5) is 5.69 Å². The van der Waals surface area contributed by atoms with Crippen LogP contribution in [0, 0.1) is 0 Å². The van der Waals surface area contributed by atoms with Crippen molar-refractivity contribution in [3.63, 3.8) is 0 Å². The monoisotopic (exact) mass is 207 g/mol. The van der Waals surface area contributed by atoms with E-state index in [0.29, 0.717) is 12.3 Å². The van der Waals surface area contributed by atoms with Crippen molar-refractivity contribution in [1.29, 1.82) is 0 Å². The molecule has 0 heterocycles. The number of nitrogen functional groups attached to an aromatic ring is 1. The lowest BCUT2D eigenvalue weighted by Crippen LogP contribution is -2.13. The molecule has 3 nitrogen and oxygen atoms in total. The van der Waals surface area contributed by atoms with Gasteiger partial charge in [-0.3, -0.25) is 4.79 Å². The van der Waals surface area contributed by atoms with Gasteiger partial charge < -0.3 is 10.5 Å². The molecule has 0 aliphatic carbocycles. The Morgan fingerprint density at radius 2 is 2.27 bits per heavy atom. The van der Waals surface area contributed by atoms with E-state index in [0.717, 1.165) is 12.0 Å². The SMILES string of the molecule is CCCOC(=O)C(C)c1cccc(N)c1. The van der Waals surface area contributed by atoms with E-state index in [4.69, 9.17) is 10.5 Å². The van der Waals surface area contributed by atoms with Gasteiger partial charge in [0.1, 0.15) is 0 Å². The summed E-state index contributed by atoms with van der Waals surface area (Å²) < 4.78 is 5.07. The molecular weight excluding hydrogens is 190 g/mol. The lowest BCUT2D eigenvalue weighted by molar-refractivity contribution is -0.145. The average Bonchev–Trinajstić information content (AvgIpc) is 2.24. The molecule has 1 rings (SSSR count). The first kappa shape index (κ1) is 11.6. The number of carbonyl (C=O) groups excluding carboxylic acids is 1. The highest BCUT2D eigenvalue weighted by molar-refractivity contribution is 5.78. The second-order valence-electron chi connectivity index (χ2n) is 3.56. The van der Waals surface area contributed by atoms with Gasteiger partial charge in [-0.1, -0.05) is 19.1 Å². The number of hydrogen-bond donors (Lipinski definition) is 1. The molecule has 3 heteroatoms. The number of esters is 1. The quantitative estimate of drug-likeness (QED) is 0.609. The van der Waals surface area contributed by atoms with Crippen LogP contribution >= 0.6 is 0 Å². The number of nitrogens with two attached hydrogens (primary N) is 1. The Balaban J connectivity index is 2.67. The maximum absolute atomic E-state index is 11.6. The molecule has 0 aliphatic rings. The molecule has 1 atom stereocenters. The topological polar surface area (TPSA) is 52.3 Å². The molecule has 1 aromatic carbocycles. The molecule has 15 heavy (non-hydrogen) atoms. The third-order valence-electron chi connectivity index (χ3n) is 2.21. The molecule has 0 fully saturated rings. The van der Waals surface area contributed by atoms with Crippen LogP contribution in [0.2, 0.25) is 0 Å². The molecule has 0 bridgehead atoms. The zero-order chi connectivity index (χ0) is 11.3. The summed E-state index contributed by atoms with van der Waals surface area (Å²) in [7, 11) is 0. The summed E-state index contributed by atoms with van der Waals surface area (Å²) in [5.41, 5.74) is 7.21. The van der Waals surface area contributed by atoms with Crippen molar-refractivity contribution in [2.75, 3.05) is 12.3 Å². The molecule has 1 aromatic rings. The highest BCUT2D eigenvalue weighted by atomic mass is 16.5. The van der Waals surface area contributed by atoms with Crippen molar-refractivity contribution >= 4 is 11.7 Å². The molecule has 0 amide bonds. The first-order valence-electron chi connectivity index (χ1n) is 5.17. The lowest BCUT2D eigenvalue weighted by atomic mass is 10.0. The third kappa shape index (κ3) is 3.27. The van der Waals surface area contributed by atoms with Crippen molar-refractivity contribution in [3.8, 4) is 0 Å². The number of anilines is 1. The highest BCUT2D eigenvalue weighted by Gasteiger charge is 2.16. The fourth-order valence-corrected chi connectivity index (χ4v) is 1.29. The van der Waals surface area contributed by atoms with Crippen LogP contribution in [-0.4, -0.2) is 12.6 Å². The first-order chi connectivity index (χ1) is 7.15. The van der Waals surface area contributed by atoms with Gasteiger partial charge in [-0.05, 0) is 31.0 Å². The molecule has 1 unspecified atom stereocenters. The summed E-state index contributed by atoms with van der Waals surface area (Å²) >= 11 is 0. The molecule has 2 N–H and O–H groups in total. The Morgan fingerprint density at radius 3 is 2.87 bits per heavy atom. The molecule has 0 saturated carbocycles. The molecule has 0 aliphatic heterocycles. The molecule has 0 saturated heterocycles. The highest BCUT2D eigenvalue weighted by Crippen LogP contribution is 2.18. The van der Waals surface area contributed by atoms with E-state index < -0.39 is 0 Å². The smallest absolute Gasteiger partial charge is 0.313 e. The van der Waals surface area contributed by atoms with Gasteiger partial charge in [-0.15, -0.1) is 0 Å². The zero-order valence-electron chi connectivity index (χ0n) is 9.19. The Labute approximate surface area is 90.2 Å². The fourth-order valence-electron chi connectivity index (χ4n) is 1.29. The minimum Gasteiger partial charge on any atom is -0.465 e. The summed E-state index contributed by atoms with van der Waals surface area (Å²) in [4.78, 5) is 11.6. The maximum Gasteiger partial charge on any atom is 0.313 e. The fraction of sp³-hybridized carbons (Fsp3) is 0.417. The largest absolute Gasteiger partial charge is 0.465 e. The van der Waals surface area contributed by atoms with E-state index in [9.17, 15) is 4.79 Å². The van der Waals surface area contributed by atoms with Crippen LogP contribution in [0.15, 0.2) is 24.3 Å². The standard InChI is InChI=1S/C12H17NO2/c1-3-7-15-12(14)9(2)10-5-4-6-11(13)8-10/h4-6,8-9H,3,7,13H2,1-2H3. The summed E-state index contributed by atoms with van der Waals surface area (Å²) in [6, 6.07) is 7.33. The Kier molecular flexibility index (Phi) is 4.16. The predicted molar refractivity (Wildman–Crippen MR) is 60.5 cm³/mol. The van der Waals surface area contributed by atoms with Crippen molar-refractivity contribution in [3.05, 3.63) is 29.8 Å². The number of rotatable bonds is 4. The third-order valence-corrected chi connectivity index (χ3v) is 2.21. The molecule has 82 valence electrons. The Hall–Kier alpha value is -1.51. The number of hydrogen-bond acceptors (Lipinski definition) is 3. The maximum atomic E-state index is 11.6. The van der Waals surface area contributed by atoms with Crippen LogP contribution in [0.5, 0.6) is 0 Å². The summed E-state index contributed by atoms with van der Waals surface area (Å²) in [6.07, 6.45) is 0.843. The summed E-state index contributed by atoms with van der Waals surface area (Å²) in [5.74, 6) is -0.442. The normalized spacial score (nSPS) is 12.1. The zero-order valence-corrected chi connectivity index (χ0v) is 9.19. The van der Waals surface area contributed by atoms with Crippen LogP contribution in [-0.2, 0) is 9.53 Å². The average molecular weight is 207 g/mol. The number of ether oxygens (including phenoxy) is 1.